The van der Waals surface area contributed by atoms with Gasteiger partial charge in [0.25, 0.3) is 0 Å². The summed E-state index contributed by atoms with van der Waals surface area (Å²) in [6, 6.07) is 1.10. The first kappa shape index (κ1) is 8.97. The zero-order valence-electron chi connectivity index (χ0n) is 7.05. The van der Waals surface area contributed by atoms with Gasteiger partial charge in [0.05, 0.1) is 0 Å². The number of nitrogens with one attached hydrogen (secondary N) is 1. The summed E-state index contributed by atoms with van der Waals surface area (Å²) in [6.45, 7) is 1.83. The summed E-state index contributed by atoms with van der Waals surface area (Å²) < 4.78 is 0. The van der Waals surface area contributed by atoms with Crippen molar-refractivity contribution in [1.29, 1.82) is 0 Å². The maximum Gasteiger partial charge on any atom is 0.00823 e. The van der Waals surface area contributed by atoms with Crippen LogP contribution in [-0.2, 0) is 0 Å². The molecule has 0 heterocycles. The SMILES string of the molecule is NCCCNC1CCC(N)C1. The Balaban J connectivity index is 1.99. The van der Waals surface area contributed by atoms with Crippen molar-refractivity contribution in [3.05, 3.63) is 0 Å². The summed E-state index contributed by atoms with van der Waals surface area (Å²) in [5.74, 6) is 0. The fraction of sp³-hybridized carbons (Fsp3) is 1.00. The minimum absolute atomic E-state index is 0.436. The molecule has 5 N–H and O–H groups in total. The molecule has 3 nitrogen and oxygen atoms in total. The molecule has 0 amide bonds. The lowest BCUT2D eigenvalue weighted by Crippen LogP contribution is -2.30. The summed E-state index contributed by atoms with van der Waals surface area (Å²) in [7, 11) is 0. The van der Waals surface area contributed by atoms with Crippen molar-refractivity contribution in [3.8, 4) is 0 Å². The Hall–Kier alpha value is -0.120. The molecule has 66 valence electrons. The monoisotopic (exact) mass is 157 g/mol. The highest BCUT2D eigenvalue weighted by molar-refractivity contribution is 4.82. The first-order chi connectivity index (χ1) is 5.33. The van der Waals surface area contributed by atoms with Crippen LogP contribution in [0.5, 0.6) is 0 Å². The van der Waals surface area contributed by atoms with Crippen LogP contribution in [0.15, 0.2) is 0 Å². The van der Waals surface area contributed by atoms with Crippen LogP contribution in [0, 0.1) is 0 Å². The lowest BCUT2D eigenvalue weighted by molar-refractivity contribution is 0.511. The highest BCUT2D eigenvalue weighted by atomic mass is 14.9. The molecule has 0 spiro atoms. The van der Waals surface area contributed by atoms with Crippen LogP contribution in [0.4, 0.5) is 0 Å². The largest absolute Gasteiger partial charge is 0.330 e. The van der Waals surface area contributed by atoms with Gasteiger partial charge in [-0.3, -0.25) is 0 Å². The Morgan fingerprint density at radius 1 is 1.36 bits per heavy atom. The maximum atomic E-state index is 5.76. The molecule has 3 heteroatoms. The third-order valence-corrected chi connectivity index (χ3v) is 2.29. The Bertz CT molecular complexity index is 106. The summed E-state index contributed by atoms with van der Waals surface area (Å²) in [5.41, 5.74) is 11.1. The van der Waals surface area contributed by atoms with Crippen molar-refractivity contribution >= 4 is 0 Å². The topological polar surface area (TPSA) is 64.1 Å². The normalized spacial score (nSPS) is 31.1. The molecule has 0 bridgehead atoms. The fourth-order valence-corrected chi connectivity index (χ4v) is 1.61. The molecule has 1 aliphatic carbocycles. The van der Waals surface area contributed by atoms with Crippen LogP contribution in [-0.4, -0.2) is 25.2 Å². The van der Waals surface area contributed by atoms with Crippen molar-refractivity contribution in [3.63, 3.8) is 0 Å². The predicted molar refractivity (Wildman–Crippen MR) is 47.3 cm³/mol. The molecular weight excluding hydrogens is 138 g/mol. The van der Waals surface area contributed by atoms with Gasteiger partial charge in [-0.1, -0.05) is 0 Å². The zero-order valence-corrected chi connectivity index (χ0v) is 7.05. The highest BCUT2D eigenvalue weighted by Crippen LogP contribution is 2.16. The number of hydrogen-bond donors (Lipinski definition) is 3. The van der Waals surface area contributed by atoms with Crippen molar-refractivity contribution in [2.75, 3.05) is 13.1 Å². The predicted octanol–water partition coefficient (Wildman–Crippen LogP) is -0.195. The van der Waals surface area contributed by atoms with Gasteiger partial charge in [-0.25, -0.2) is 0 Å². The van der Waals surface area contributed by atoms with Gasteiger partial charge >= 0.3 is 0 Å². The average molecular weight is 157 g/mol. The van der Waals surface area contributed by atoms with Crippen LogP contribution in [0.2, 0.25) is 0 Å². The van der Waals surface area contributed by atoms with Crippen LogP contribution in [0.1, 0.15) is 25.7 Å². The highest BCUT2D eigenvalue weighted by Gasteiger charge is 2.20. The van der Waals surface area contributed by atoms with Gasteiger partial charge in [0.2, 0.25) is 0 Å². The molecule has 0 aliphatic heterocycles. The third-order valence-electron chi connectivity index (χ3n) is 2.29. The molecule has 1 fully saturated rings. The van der Waals surface area contributed by atoms with Gasteiger partial charge in [0, 0.05) is 12.1 Å². The summed E-state index contributed by atoms with van der Waals surface area (Å²) in [6.07, 6.45) is 4.64. The second-order valence-electron chi connectivity index (χ2n) is 3.37. The van der Waals surface area contributed by atoms with Gasteiger partial charge in [-0.2, -0.15) is 0 Å². The minimum atomic E-state index is 0.436. The first-order valence-electron chi connectivity index (χ1n) is 4.52. The molecule has 1 rings (SSSR count). The number of hydrogen-bond acceptors (Lipinski definition) is 3. The zero-order chi connectivity index (χ0) is 8.10. The maximum absolute atomic E-state index is 5.76. The Morgan fingerprint density at radius 3 is 2.73 bits per heavy atom. The molecule has 0 aromatic rings. The fourth-order valence-electron chi connectivity index (χ4n) is 1.61. The molecule has 0 aromatic heterocycles. The average Bonchev–Trinajstić information content (AvgIpc) is 2.37. The van der Waals surface area contributed by atoms with Crippen molar-refractivity contribution in [2.24, 2.45) is 11.5 Å². The smallest absolute Gasteiger partial charge is 0.00823 e. The van der Waals surface area contributed by atoms with E-state index in [1.54, 1.807) is 0 Å². The van der Waals surface area contributed by atoms with E-state index in [1.165, 1.54) is 12.8 Å². The van der Waals surface area contributed by atoms with E-state index < -0.39 is 0 Å². The van der Waals surface area contributed by atoms with Crippen molar-refractivity contribution < 1.29 is 0 Å². The Labute approximate surface area is 68.5 Å². The summed E-state index contributed by atoms with van der Waals surface area (Å²) >= 11 is 0. The summed E-state index contributed by atoms with van der Waals surface area (Å²) in [4.78, 5) is 0. The molecule has 2 unspecified atom stereocenters. The van der Waals surface area contributed by atoms with Gasteiger partial charge in [0.1, 0.15) is 0 Å². The second-order valence-corrected chi connectivity index (χ2v) is 3.37. The quantitative estimate of drug-likeness (QED) is 0.495. The molecule has 0 aromatic carbocycles. The van der Waals surface area contributed by atoms with Gasteiger partial charge in [-0.05, 0) is 38.8 Å². The van der Waals surface area contributed by atoms with Crippen molar-refractivity contribution in [2.45, 2.75) is 37.8 Å². The van der Waals surface area contributed by atoms with E-state index in [0.29, 0.717) is 12.1 Å². The van der Waals surface area contributed by atoms with Gasteiger partial charge < -0.3 is 16.8 Å². The van der Waals surface area contributed by atoms with E-state index in [-0.39, 0.29) is 0 Å². The Morgan fingerprint density at radius 2 is 2.18 bits per heavy atom. The van der Waals surface area contributed by atoms with E-state index in [0.717, 1.165) is 25.9 Å². The van der Waals surface area contributed by atoms with Crippen LogP contribution in [0.25, 0.3) is 0 Å². The van der Waals surface area contributed by atoms with Crippen LogP contribution in [0.3, 0.4) is 0 Å². The van der Waals surface area contributed by atoms with E-state index in [4.69, 9.17) is 11.5 Å². The molecule has 0 saturated heterocycles. The van der Waals surface area contributed by atoms with E-state index >= 15 is 0 Å². The van der Waals surface area contributed by atoms with E-state index in [2.05, 4.69) is 5.32 Å². The molecule has 0 radical (unpaired) electrons. The Kier molecular flexibility index (Phi) is 3.83. The minimum Gasteiger partial charge on any atom is -0.330 e. The standard InChI is InChI=1S/C8H19N3/c9-4-1-5-11-8-3-2-7(10)6-8/h7-8,11H,1-6,9-10H2. The van der Waals surface area contributed by atoms with Crippen molar-refractivity contribution in [1.82, 2.24) is 5.32 Å². The molecule has 11 heavy (non-hydrogen) atoms. The number of rotatable bonds is 4. The molecule has 1 aliphatic rings. The number of nitrogens with two attached hydrogens (primary N) is 2. The van der Waals surface area contributed by atoms with Gasteiger partial charge in [0.15, 0.2) is 0 Å². The second kappa shape index (κ2) is 4.70. The summed E-state index contributed by atoms with van der Waals surface area (Å²) in [5, 5.41) is 3.45. The first-order valence-corrected chi connectivity index (χ1v) is 4.52. The molecule has 2 atom stereocenters. The molecular formula is C8H19N3. The van der Waals surface area contributed by atoms with E-state index in [9.17, 15) is 0 Å². The lowest BCUT2D eigenvalue weighted by Gasteiger charge is -2.10. The van der Waals surface area contributed by atoms with E-state index in [1.807, 2.05) is 0 Å². The third kappa shape index (κ3) is 3.18. The van der Waals surface area contributed by atoms with Crippen LogP contribution >= 0.6 is 0 Å². The molecule has 1 saturated carbocycles. The van der Waals surface area contributed by atoms with Crippen LogP contribution < -0.4 is 16.8 Å². The van der Waals surface area contributed by atoms with Gasteiger partial charge in [-0.15, -0.1) is 0 Å². The lowest BCUT2D eigenvalue weighted by atomic mass is 10.2.